The Labute approximate surface area is 136 Å². The molecule has 1 aromatic heterocycles. The van der Waals surface area contributed by atoms with Crippen LogP contribution in [-0.4, -0.2) is 66.2 Å². The molecule has 1 fully saturated rings. The average molecular weight is 314 g/mol. The van der Waals surface area contributed by atoms with Gasteiger partial charge in [-0.1, -0.05) is 0 Å². The summed E-state index contributed by atoms with van der Waals surface area (Å²) in [6.07, 6.45) is 2.62. The molecule has 0 saturated carbocycles. The van der Waals surface area contributed by atoms with Gasteiger partial charge in [0.05, 0.1) is 24.6 Å². The SMILES string of the molecule is COc1ccc(-c2[nH]ncc2C(=O)N2CCC(N(C)C)C2)cc1. The number of hydrogen-bond donors (Lipinski definition) is 1. The first-order valence-electron chi connectivity index (χ1n) is 7.73. The lowest BCUT2D eigenvalue weighted by Gasteiger charge is -2.20. The molecule has 1 atom stereocenters. The molecule has 23 heavy (non-hydrogen) atoms. The Morgan fingerprint density at radius 3 is 2.70 bits per heavy atom. The molecule has 2 heterocycles. The Morgan fingerprint density at radius 1 is 1.35 bits per heavy atom. The summed E-state index contributed by atoms with van der Waals surface area (Å²) in [4.78, 5) is 16.9. The summed E-state index contributed by atoms with van der Waals surface area (Å²) < 4.78 is 5.17. The maximum absolute atomic E-state index is 12.8. The van der Waals surface area contributed by atoms with E-state index in [1.165, 1.54) is 0 Å². The van der Waals surface area contributed by atoms with Gasteiger partial charge in [-0.15, -0.1) is 0 Å². The predicted molar refractivity (Wildman–Crippen MR) is 88.6 cm³/mol. The fraction of sp³-hybridized carbons (Fsp3) is 0.412. The number of nitrogens with zero attached hydrogens (tertiary/aromatic N) is 3. The summed E-state index contributed by atoms with van der Waals surface area (Å²) >= 11 is 0. The molecule has 1 unspecified atom stereocenters. The Hall–Kier alpha value is -2.34. The molecule has 0 aliphatic carbocycles. The van der Waals surface area contributed by atoms with E-state index >= 15 is 0 Å². The normalized spacial score (nSPS) is 17.7. The van der Waals surface area contributed by atoms with E-state index in [9.17, 15) is 4.79 Å². The van der Waals surface area contributed by atoms with Crippen molar-refractivity contribution in [2.45, 2.75) is 12.5 Å². The number of carbonyl (C=O) groups is 1. The maximum atomic E-state index is 12.8. The Morgan fingerprint density at radius 2 is 2.09 bits per heavy atom. The number of carbonyl (C=O) groups excluding carboxylic acids is 1. The highest BCUT2D eigenvalue weighted by molar-refractivity contribution is 5.99. The van der Waals surface area contributed by atoms with Gasteiger partial charge in [-0.3, -0.25) is 9.89 Å². The lowest BCUT2D eigenvalue weighted by atomic mass is 10.1. The van der Waals surface area contributed by atoms with Gasteiger partial charge >= 0.3 is 0 Å². The van der Waals surface area contributed by atoms with E-state index in [-0.39, 0.29) is 5.91 Å². The van der Waals surface area contributed by atoms with Gasteiger partial charge in [-0.2, -0.15) is 5.10 Å². The van der Waals surface area contributed by atoms with Crippen molar-refractivity contribution in [2.24, 2.45) is 0 Å². The molecule has 2 aromatic rings. The van der Waals surface area contributed by atoms with E-state index in [0.29, 0.717) is 11.6 Å². The molecule has 1 amide bonds. The minimum absolute atomic E-state index is 0.0360. The van der Waals surface area contributed by atoms with Gasteiger partial charge in [0, 0.05) is 24.7 Å². The fourth-order valence-corrected chi connectivity index (χ4v) is 2.94. The Kier molecular flexibility index (Phi) is 4.34. The van der Waals surface area contributed by atoms with Crippen LogP contribution < -0.4 is 4.74 Å². The summed E-state index contributed by atoms with van der Waals surface area (Å²) in [6, 6.07) is 8.03. The van der Waals surface area contributed by atoms with Crippen LogP contribution in [-0.2, 0) is 0 Å². The van der Waals surface area contributed by atoms with Crippen molar-refractivity contribution >= 4 is 5.91 Å². The van der Waals surface area contributed by atoms with Crippen LogP contribution in [0.25, 0.3) is 11.3 Å². The summed E-state index contributed by atoms with van der Waals surface area (Å²) in [5.74, 6) is 0.823. The van der Waals surface area contributed by atoms with Crippen LogP contribution in [0.2, 0.25) is 0 Å². The lowest BCUT2D eigenvalue weighted by Crippen LogP contribution is -2.34. The Bertz CT molecular complexity index is 678. The van der Waals surface area contributed by atoms with Crippen LogP contribution >= 0.6 is 0 Å². The van der Waals surface area contributed by atoms with Gasteiger partial charge in [-0.25, -0.2) is 0 Å². The molecular formula is C17H22N4O2. The van der Waals surface area contributed by atoms with Crippen molar-refractivity contribution < 1.29 is 9.53 Å². The van der Waals surface area contributed by atoms with E-state index in [0.717, 1.165) is 36.5 Å². The molecule has 1 aliphatic rings. The van der Waals surface area contributed by atoms with Crippen molar-refractivity contribution in [3.05, 3.63) is 36.0 Å². The first-order chi connectivity index (χ1) is 11.1. The standard InChI is InChI=1S/C17H22N4O2/c1-20(2)13-8-9-21(11-13)17(22)15-10-18-19-16(15)12-4-6-14(23-3)7-5-12/h4-7,10,13H,8-9,11H2,1-3H3,(H,18,19). The number of likely N-dealkylation sites (tertiary alicyclic amines) is 1. The van der Waals surface area contributed by atoms with Crippen molar-refractivity contribution in [2.75, 3.05) is 34.3 Å². The van der Waals surface area contributed by atoms with Crippen LogP contribution in [0.1, 0.15) is 16.8 Å². The van der Waals surface area contributed by atoms with E-state index in [1.54, 1.807) is 13.3 Å². The lowest BCUT2D eigenvalue weighted by molar-refractivity contribution is 0.0784. The highest BCUT2D eigenvalue weighted by Crippen LogP contribution is 2.26. The third-order valence-corrected chi connectivity index (χ3v) is 4.43. The van der Waals surface area contributed by atoms with Gasteiger partial charge in [-0.05, 0) is 44.8 Å². The van der Waals surface area contributed by atoms with Crippen molar-refractivity contribution in [3.8, 4) is 17.0 Å². The molecule has 6 nitrogen and oxygen atoms in total. The molecule has 1 aliphatic heterocycles. The number of aromatic nitrogens is 2. The van der Waals surface area contributed by atoms with Gasteiger partial charge in [0.25, 0.3) is 5.91 Å². The predicted octanol–water partition coefficient (Wildman–Crippen LogP) is 1.86. The number of hydrogen-bond acceptors (Lipinski definition) is 4. The highest BCUT2D eigenvalue weighted by Gasteiger charge is 2.29. The Balaban J connectivity index is 1.81. The molecule has 1 aromatic carbocycles. The summed E-state index contributed by atoms with van der Waals surface area (Å²) in [7, 11) is 5.74. The molecule has 0 bridgehead atoms. The first kappa shape index (κ1) is 15.6. The number of nitrogens with one attached hydrogen (secondary N) is 1. The fourth-order valence-electron chi connectivity index (χ4n) is 2.94. The van der Waals surface area contributed by atoms with E-state index in [4.69, 9.17) is 4.74 Å². The monoisotopic (exact) mass is 314 g/mol. The number of likely N-dealkylation sites (N-methyl/N-ethyl adjacent to an activating group) is 1. The molecular weight excluding hydrogens is 292 g/mol. The summed E-state index contributed by atoms with van der Waals surface area (Å²) in [5.41, 5.74) is 2.30. The van der Waals surface area contributed by atoms with E-state index in [1.807, 2.05) is 29.2 Å². The van der Waals surface area contributed by atoms with Crippen LogP contribution in [0.3, 0.4) is 0 Å². The van der Waals surface area contributed by atoms with Crippen LogP contribution in [0, 0.1) is 0 Å². The zero-order chi connectivity index (χ0) is 16.4. The molecule has 0 spiro atoms. The molecule has 1 N–H and O–H groups in total. The van der Waals surface area contributed by atoms with Gasteiger partial charge < -0.3 is 14.5 Å². The number of rotatable bonds is 4. The van der Waals surface area contributed by atoms with Gasteiger partial charge in [0.1, 0.15) is 5.75 Å². The molecule has 3 rings (SSSR count). The number of H-pyrrole nitrogens is 1. The van der Waals surface area contributed by atoms with Crippen LogP contribution in [0.5, 0.6) is 5.75 Å². The number of amides is 1. The molecule has 1 saturated heterocycles. The second-order valence-corrected chi connectivity index (χ2v) is 6.04. The van der Waals surface area contributed by atoms with Crippen molar-refractivity contribution in [3.63, 3.8) is 0 Å². The zero-order valence-electron chi connectivity index (χ0n) is 13.7. The minimum Gasteiger partial charge on any atom is -0.497 e. The topological polar surface area (TPSA) is 61.5 Å². The van der Waals surface area contributed by atoms with Gasteiger partial charge in [0.2, 0.25) is 0 Å². The van der Waals surface area contributed by atoms with Crippen molar-refractivity contribution in [1.82, 2.24) is 20.0 Å². The molecule has 6 heteroatoms. The van der Waals surface area contributed by atoms with Gasteiger partial charge in [0.15, 0.2) is 0 Å². The molecule has 122 valence electrons. The zero-order valence-corrected chi connectivity index (χ0v) is 13.7. The quantitative estimate of drug-likeness (QED) is 0.936. The largest absolute Gasteiger partial charge is 0.497 e. The number of benzene rings is 1. The first-order valence-corrected chi connectivity index (χ1v) is 7.73. The minimum atomic E-state index is 0.0360. The third kappa shape index (κ3) is 3.07. The van der Waals surface area contributed by atoms with E-state index in [2.05, 4.69) is 29.2 Å². The van der Waals surface area contributed by atoms with E-state index < -0.39 is 0 Å². The summed E-state index contributed by atoms with van der Waals surface area (Å²) in [5, 5.41) is 7.02. The average Bonchev–Trinajstić information content (AvgIpc) is 3.23. The summed E-state index contributed by atoms with van der Waals surface area (Å²) in [6.45, 7) is 1.55. The highest BCUT2D eigenvalue weighted by atomic mass is 16.5. The second-order valence-electron chi connectivity index (χ2n) is 6.04. The third-order valence-electron chi connectivity index (χ3n) is 4.43. The molecule has 0 radical (unpaired) electrons. The number of aromatic amines is 1. The smallest absolute Gasteiger partial charge is 0.257 e. The van der Waals surface area contributed by atoms with Crippen molar-refractivity contribution in [1.29, 1.82) is 0 Å². The number of methoxy groups -OCH3 is 1. The second kappa shape index (κ2) is 6.42. The van der Waals surface area contributed by atoms with Crippen LogP contribution in [0.4, 0.5) is 0 Å². The maximum Gasteiger partial charge on any atom is 0.257 e. The van der Waals surface area contributed by atoms with Crippen LogP contribution in [0.15, 0.2) is 30.5 Å². The number of ether oxygens (including phenoxy) is 1.